The zero-order valence-corrected chi connectivity index (χ0v) is 26.5. The molecule has 3 fully saturated rings. The fraction of sp³-hybridized carbons (Fsp3) is 0.889. The molecule has 0 aromatic heterocycles. The molecule has 4 aliphatic rings. The first kappa shape index (κ1) is 31.6. The van der Waals surface area contributed by atoms with Gasteiger partial charge in [-0.3, -0.25) is 9.59 Å². The fourth-order valence-corrected chi connectivity index (χ4v) is 10.1. The van der Waals surface area contributed by atoms with Gasteiger partial charge in [-0.05, 0) is 104 Å². The van der Waals surface area contributed by atoms with Gasteiger partial charge in [0.15, 0.2) is 0 Å². The molecule has 0 amide bonds. The monoisotopic (exact) mass is 556 g/mol. The van der Waals surface area contributed by atoms with E-state index < -0.39 is 5.97 Å². The molecule has 40 heavy (non-hydrogen) atoms. The summed E-state index contributed by atoms with van der Waals surface area (Å²) < 4.78 is 6.00. The van der Waals surface area contributed by atoms with Crippen molar-refractivity contribution in [2.75, 3.05) is 0 Å². The van der Waals surface area contributed by atoms with Crippen LogP contribution in [0.15, 0.2) is 11.6 Å². The Balaban J connectivity index is 1.27. The van der Waals surface area contributed by atoms with Crippen LogP contribution in [0.25, 0.3) is 0 Å². The number of aliphatic carboxylic acids is 1. The van der Waals surface area contributed by atoms with Gasteiger partial charge in [0, 0.05) is 19.3 Å². The molecule has 4 unspecified atom stereocenters. The van der Waals surface area contributed by atoms with E-state index in [1.54, 1.807) is 5.57 Å². The summed E-state index contributed by atoms with van der Waals surface area (Å²) in [6.45, 7) is 12.5. The number of rotatable bonds is 14. The average Bonchev–Trinajstić information content (AvgIpc) is 3.25. The second-order valence-electron chi connectivity index (χ2n) is 15.3. The summed E-state index contributed by atoms with van der Waals surface area (Å²) in [6, 6.07) is 0. The molecule has 4 rings (SSSR count). The van der Waals surface area contributed by atoms with E-state index in [4.69, 9.17) is 9.84 Å². The van der Waals surface area contributed by atoms with E-state index in [9.17, 15) is 9.59 Å². The molecule has 0 aliphatic heterocycles. The summed E-state index contributed by atoms with van der Waals surface area (Å²) >= 11 is 0. The van der Waals surface area contributed by atoms with Crippen LogP contribution < -0.4 is 0 Å². The van der Waals surface area contributed by atoms with Gasteiger partial charge in [0.25, 0.3) is 0 Å². The normalized spacial score (nSPS) is 35.9. The molecule has 0 heterocycles. The first-order valence-corrected chi connectivity index (χ1v) is 17.2. The largest absolute Gasteiger partial charge is 0.481 e. The molecule has 0 saturated heterocycles. The molecule has 0 aromatic rings. The summed E-state index contributed by atoms with van der Waals surface area (Å²) in [6.07, 6.45) is 22.1. The Morgan fingerprint density at radius 3 is 2.35 bits per heavy atom. The maximum atomic E-state index is 12.6. The summed E-state index contributed by atoms with van der Waals surface area (Å²) in [7, 11) is 0. The number of carbonyl (C=O) groups excluding carboxylic acids is 1. The minimum Gasteiger partial charge on any atom is -0.481 e. The Kier molecular flexibility index (Phi) is 10.9. The van der Waals surface area contributed by atoms with Gasteiger partial charge >= 0.3 is 11.9 Å². The van der Waals surface area contributed by atoms with E-state index in [2.05, 4.69) is 40.7 Å². The number of hydrogen-bond acceptors (Lipinski definition) is 3. The molecular weight excluding hydrogens is 496 g/mol. The number of carboxylic acid groups (broad SMARTS) is 1. The highest BCUT2D eigenvalue weighted by Gasteiger charge is 2.59. The number of ether oxygens (including phenoxy) is 1. The zero-order valence-electron chi connectivity index (χ0n) is 26.5. The molecule has 0 radical (unpaired) electrons. The van der Waals surface area contributed by atoms with Gasteiger partial charge in [-0.2, -0.15) is 0 Å². The van der Waals surface area contributed by atoms with Gasteiger partial charge in [0.1, 0.15) is 6.10 Å². The third kappa shape index (κ3) is 7.17. The number of fused-ring (bicyclic) bond motifs is 5. The Morgan fingerprint density at radius 2 is 1.62 bits per heavy atom. The Labute approximate surface area is 245 Å². The van der Waals surface area contributed by atoms with Crippen LogP contribution in [0.4, 0.5) is 0 Å². The van der Waals surface area contributed by atoms with E-state index in [1.807, 2.05) is 0 Å². The molecule has 4 aliphatic carbocycles. The van der Waals surface area contributed by atoms with Crippen molar-refractivity contribution in [3.05, 3.63) is 11.6 Å². The van der Waals surface area contributed by atoms with Crippen LogP contribution >= 0.6 is 0 Å². The first-order valence-electron chi connectivity index (χ1n) is 17.2. The van der Waals surface area contributed by atoms with Crippen molar-refractivity contribution in [3.63, 3.8) is 0 Å². The maximum Gasteiger partial charge on any atom is 0.306 e. The summed E-state index contributed by atoms with van der Waals surface area (Å²) in [5, 5.41) is 8.74. The lowest BCUT2D eigenvalue weighted by molar-refractivity contribution is -0.151. The third-order valence-corrected chi connectivity index (χ3v) is 12.3. The highest BCUT2D eigenvalue weighted by Crippen LogP contribution is 2.67. The van der Waals surface area contributed by atoms with Gasteiger partial charge < -0.3 is 9.84 Å². The van der Waals surface area contributed by atoms with E-state index >= 15 is 0 Å². The van der Waals surface area contributed by atoms with E-state index in [0.29, 0.717) is 17.3 Å². The smallest absolute Gasteiger partial charge is 0.306 e. The van der Waals surface area contributed by atoms with Crippen molar-refractivity contribution in [1.29, 1.82) is 0 Å². The topological polar surface area (TPSA) is 63.6 Å². The number of unbranched alkanes of at least 4 members (excludes halogenated alkanes) is 4. The lowest BCUT2D eigenvalue weighted by Crippen LogP contribution is -2.51. The highest BCUT2D eigenvalue weighted by molar-refractivity contribution is 5.69. The standard InChI is InChI=1S/C36H60O4/c1-25(2)12-11-13-26(3)30-18-19-31-29-17-16-27-24-28(20-22-35(27,4)32(29)21-23-36(30,31)5)40-34(39)15-10-8-6-7-9-14-33(37)38/h16,25-26,28-32H,6-15,17-24H2,1-5H3,(H,37,38)/t26-,28?,29?,30-,31?,32?,35+,36-/m1/s1. The van der Waals surface area contributed by atoms with E-state index in [1.165, 1.54) is 57.8 Å². The lowest BCUT2D eigenvalue weighted by atomic mass is 9.47. The Morgan fingerprint density at radius 1 is 0.900 bits per heavy atom. The van der Waals surface area contributed by atoms with Crippen molar-refractivity contribution in [2.45, 2.75) is 156 Å². The Bertz CT molecular complexity index is 891. The van der Waals surface area contributed by atoms with E-state index in [0.717, 1.165) is 80.5 Å². The summed E-state index contributed by atoms with van der Waals surface area (Å²) in [5.74, 6) is 4.36. The van der Waals surface area contributed by atoms with Crippen molar-refractivity contribution in [1.82, 2.24) is 0 Å². The maximum absolute atomic E-state index is 12.6. The van der Waals surface area contributed by atoms with Gasteiger partial charge in [0.2, 0.25) is 0 Å². The van der Waals surface area contributed by atoms with Crippen molar-refractivity contribution in [2.24, 2.45) is 46.3 Å². The van der Waals surface area contributed by atoms with Crippen LogP contribution in [-0.4, -0.2) is 23.1 Å². The molecule has 4 heteroatoms. The second kappa shape index (κ2) is 13.8. The minimum atomic E-state index is -0.720. The van der Waals surface area contributed by atoms with Crippen molar-refractivity contribution < 1.29 is 19.4 Å². The van der Waals surface area contributed by atoms with Gasteiger partial charge in [0.05, 0.1) is 0 Å². The average molecular weight is 557 g/mol. The molecule has 1 N–H and O–H groups in total. The van der Waals surface area contributed by atoms with Crippen LogP contribution in [-0.2, 0) is 14.3 Å². The van der Waals surface area contributed by atoms with Crippen LogP contribution in [0, 0.1) is 46.3 Å². The molecule has 0 bridgehead atoms. The number of carbonyl (C=O) groups is 2. The van der Waals surface area contributed by atoms with Gasteiger partial charge in [-0.25, -0.2) is 0 Å². The first-order chi connectivity index (χ1) is 19.0. The SMILES string of the molecule is CC(C)CCC[C@@H](C)[C@H]1CCC2C3CC=C4CC(OC(=O)CCCCCCCC(=O)O)CC[C@]4(C)C3CC[C@@]21C. The van der Waals surface area contributed by atoms with Crippen molar-refractivity contribution >= 4 is 11.9 Å². The molecular formula is C36H60O4. The number of allylic oxidation sites excluding steroid dienone is 1. The van der Waals surface area contributed by atoms with Crippen LogP contribution in [0.2, 0.25) is 0 Å². The third-order valence-electron chi connectivity index (χ3n) is 12.3. The highest BCUT2D eigenvalue weighted by atomic mass is 16.5. The number of hydrogen-bond donors (Lipinski definition) is 1. The predicted octanol–water partition coefficient (Wildman–Crippen LogP) is 9.75. The van der Waals surface area contributed by atoms with Crippen LogP contribution in [0.1, 0.15) is 150 Å². The fourth-order valence-electron chi connectivity index (χ4n) is 10.1. The molecule has 0 spiro atoms. The molecule has 228 valence electrons. The number of carboxylic acids is 1. The lowest BCUT2D eigenvalue weighted by Gasteiger charge is -2.58. The molecule has 8 atom stereocenters. The van der Waals surface area contributed by atoms with E-state index in [-0.39, 0.29) is 18.5 Å². The molecule has 0 aromatic carbocycles. The van der Waals surface area contributed by atoms with Crippen LogP contribution in [0.3, 0.4) is 0 Å². The summed E-state index contributed by atoms with van der Waals surface area (Å²) in [4.78, 5) is 23.2. The predicted molar refractivity (Wildman–Crippen MR) is 163 cm³/mol. The zero-order chi connectivity index (χ0) is 28.9. The van der Waals surface area contributed by atoms with Crippen LogP contribution in [0.5, 0.6) is 0 Å². The Hall–Kier alpha value is -1.32. The second-order valence-corrected chi connectivity index (χ2v) is 15.3. The molecule has 4 nitrogen and oxygen atoms in total. The quantitative estimate of drug-likeness (QED) is 0.131. The van der Waals surface area contributed by atoms with Gasteiger partial charge in [-0.15, -0.1) is 0 Å². The number of esters is 1. The molecule has 3 saturated carbocycles. The van der Waals surface area contributed by atoms with Crippen molar-refractivity contribution in [3.8, 4) is 0 Å². The summed E-state index contributed by atoms with van der Waals surface area (Å²) in [5.41, 5.74) is 2.42. The van der Waals surface area contributed by atoms with Gasteiger partial charge in [-0.1, -0.05) is 84.8 Å². The minimum absolute atomic E-state index is 0.0404.